The second kappa shape index (κ2) is 7.15. The van der Waals surface area contributed by atoms with Crippen LogP contribution < -0.4 is 10.2 Å². The van der Waals surface area contributed by atoms with Crippen molar-refractivity contribution in [2.45, 2.75) is 33.9 Å². The predicted molar refractivity (Wildman–Crippen MR) is 84.0 cm³/mol. The van der Waals surface area contributed by atoms with Crippen molar-refractivity contribution in [2.75, 3.05) is 18.0 Å². The normalized spacial score (nSPS) is 10.8. The number of rotatable bonds is 7. The molecule has 2 rings (SSSR count). The molecule has 0 aliphatic carbocycles. The number of aryl methyl sites for hydroxylation is 1. The number of anilines is 1. The Bertz CT molecular complexity index is 533. The van der Waals surface area contributed by atoms with Crippen LogP contribution in [-0.4, -0.2) is 13.1 Å². The van der Waals surface area contributed by atoms with Gasteiger partial charge in [-0.1, -0.05) is 25.1 Å². The summed E-state index contributed by atoms with van der Waals surface area (Å²) in [7, 11) is 0. The summed E-state index contributed by atoms with van der Waals surface area (Å²) in [5.41, 5.74) is 3.83. The smallest absolute Gasteiger partial charge is 0.127 e. The molecule has 0 saturated carbocycles. The topological polar surface area (TPSA) is 28.4 Å². The molecule has 3 heteroatoms. The van der Waals surface area contributed by atoms with Gasteiger partial charge in [-0.2, -0.15) is 0 Å². The van der Waals surface area contributed by atoms with Crippen molar-refractivity contribution in [3.8, 4) is 0 Å². The Hall–Kier alpha value is -1.74. The Morgan fingerprint density at radius 1 is 1.15 bits per heavy atom. The molecule has 0 unspecified atom stereocenters. The number of para-hydroxylation sites is 1. The van der Waals surface area contributed by atoms with Crippen LogP contribution in [0.2, 0.25) is 0 Å². The molecule has 1 heterocycles. The maximum Gasteiger partial charge on any atom is 0.127 e. The van der Waals surface area contributed by atoms with E-state index in [-0.39, 0.29) is 0 Å². The largest absolute Gasteiger partial charge is 0.467 e. The monoisotopic (exact) mass is 272 g/mol. The summed E-state index contributed by atoms with van der Waals surface area (Å²) in [4.78, 5) is 2.35. The van der Waals surface area contributed by atoms with Gasteiger partial charge in [0.05, 0.1) is 12.8 Å². The van der Waals surface area contributed by atoms with Crippen molar-refractivity contribution in [3.05, 3.63) is 53.5 Å². The van der Waals surface area contributed by atoms with Gasteiger partial charge in [-0.3, -0.25) is 0 Å². The standard InChI is InChI=1S/C17H24N2O/c1-4-18-12-15-10-11-20-17(15)13-19(5-2)16-9-7-6-8-14(16)3/h6-11,18H,4-5,12-13H2,1-3H3. The minimum atomic E-state index is 0.815. The fourth-order valence-corrected chi connectivity index (χ4v) is 2.38. The zero-order valence-electron chi connectivity index (χ0n) is 12.6. The molecule has 1 aromatic carbocycles. The van der Waals surface area contributed by atoms with Gasteiger partial charge in [0.15, 0.2) is 0 Å². The van der Waals surface area contributed by atoms with Crippen LogP contribution in [0, 0.1) is 6.92 Å². The summed E-state index contributed by atoms with van der Waals surface area (Å²) in [5.74, 6) is 1.05. The third kappa shape index (κ3) is 3.42. The van der Waals surface area contributed by atoms with E-state index >= 15 is 0 Å². The van der Waals surface area contributed by atoms with Crippen LogP contribution in [0.15, 0.2) is 41.0 Å². The Kier molecular flexibility index (Phi) is 5.24. The molecule has 0 aliphatic heterocycles. The van der Waals surface area contributed by atoms with Crippen molar-refractivity contribution in [1.82, 2.24) is 5.32 Å². The molecule has 2 aromatic rings. The van der Waals surface area contributed by atoms with E-state index in [9.17, 15) is 0 Å². The highest BCUT2D eigenvalue weighted by atomic mass is 16.3. The van der Waals surface area contributed by atoms with Crippen LogP contribution in [-0.2, 0) is 13.1 Å². The maximum absolute atomic E-state index is 5.67. The molecular formula is C17H24N2O. The average molecular weight is 272 g/mol. The molecule has 108 valence electrons. The van der Waals surface area contributed by atoms with Gasteiger partial charge in [0.25, 0.3) is 0 Å². The van der Waals surface area contributed by atoms with E-state index in [0.717, 1.165) is 31.9 Å². The fourth-order valence-electron chi connectivity index (χ4n) is 2.38. The highest BCUT2D eigenvalue weighted by Gasteiger charge is 2.12. The molecule has 0 radical (unpaired) electrons. The summed E-state index contributed by atoms with van der Waals surface area (Å²) in [6.45, 7) is 10.1. The van der Waals surface area contributed by atoms with E-state index in [2.05, 4.69) is 61.3 Å². The van der Waals surface area contributed by atoms with Gasteiger partial charge in [0.2, 0.25) is 0 Å². The molecule has 0 bridgehead atoms. The minimum absolute atomic E-state index is 0.815. The van der Waals surface area contributed by atoms with Gasteiger partial charge >= 0.3 is 0 Å². The zero-order valence-corrected chi connectivity index (χ0v) is 12.6. The lowest BCUT2D eigenvalue weighted by atomic mass is 10.1. The van der Waals surface area contributed by atoms with Gasteiger partial charge in [-0.25, -0.2) is 0 Å². The summed E-state index contributed by atoms with van der Waals surface area (Å²) in [5, 5.41) is 3.35. The molecule has 1 aromatic heterocycles. The highest BCUT2D eigenvalue weighted by molar-refractivity contribution is 5.53. The van der Waals surface area contributed by atoms with Crippen LogP contribution in [0.25, 0.3) is 0 Å². The number of hydrogen-bond acceptors (Lipinski definition) is 3. The molecule has 3 nitrogen and oxygen atoms in total. The average Bonchev–Trinajstić information content (AvgIpc) is 2.90. The quantitative estimate of drug-likeness (QED) is 0.832. The Morgan fingerprint density at radius 2 is 1.95 bits per heavy atom. The van der Waals surface area contributed by atoms with E-state index in [4.69, 9.17) is 4.42 Å². The van der Waals surface area contributed by atoms with E-state index in [1.54, 1.807) is 6.26 Å². The van der Waals surface area contributed by atoms with E-state index in [0.29, 0.717) is 0 Å². The van der Waals surface area contributed by atoms with Crippen LogP contribution >= 0.6 is 0 Å². The van der Waals surface area contributed by atoms with Crippen molar-refractivity contribution in [2.24, 2.45) is 0 Å². The van der Waals surface area contributed by atoms with Crippen LogP contribution in [0.4, 0.5) is 5.69 Å². The molecule has 0 spiro atoms. The van der Waals surface area contributed by atoms with E-state index in [1.165, 1.54) is 16.8 Å². The molecule has 20 heavy (non-hydrogen) atoms. The van der Waals surface area contributed by atoms with Crippen LogP contribution in [0.1, 0.15) is 30.7 Å². The second-order valence-electron chi connectivity index (χ2n) is 4.95. The molecule has 0 atom stereocenters. The van der Waals surface area contributed by atoms with Gasteiger partial charge in [0, 0.05) is 24.3 Å². The SMILES string of the molecule is CCNCc1ccoc1CN(CC)c1ccccc1C. The van der Waals surface area contributed by atoms with Crippen molar-refractivity contribution >= 4 is 5.69 Å². The first-order chi connectivity index (χ1) is 9.76. The van der Waals surface area contributed by atoms with Crippen LogP contribution in [0.5, 0.6) is 0 Å². The Balaban J connectivity index is 2.15. The number of benzene rings is 1. The Morgan fingerprint density at radius 3 is 2.65 bits per heavy atom. The van der Waals surface area contributed by atoms with Crippen molar-refractivity contribution in [1.29, 1.82) is 0 Å². The van der Waals surface area contributed by atoms with Gasteiger partial charge in [0.1, 0.15) is 5.76 Å². The zero-order chi connectivity index (χ0) is 14.4. The lowest BCUT2D eigenvalue weighted by molar-refractivity contribution is 0.496. The maximum atomic E-state index is 5.67. The first kappa shape index (κ1) is 14.7. The first-order valence-corrected chi connectivity index (χ1v) is 7.32. The van der Waals surface area contributed by atoms with Gasteiger partial charge in [-0.05, 0) is 38.1 Å². The molecule has 0 aliphatic rings. The van der Waals surface area contributed by atoms with Crippen LogP contribution in [0.3, 0.4) is 0 Å². The number of nitrogens with zero attached hydrogens (tertiary/aromatic N) is 1. The Labute approximate surface area is 121 Å². The van der Waals surface area contributed by atoms with Gasteiger partial charge in [-0.15, -0.1) is 0 Å². The first-order valence-electron chi connectivity index (χ1n) is 7.32. The second-order valence-corrected chi connectivity index (χ2v) is 4.95. The minimum Gasteiger partial charge on any atom is -0.467 e. The highest BCUT2D eigenvalue weighted by Crippen LogP contribution is 2.23. The summed E-state index contributed by atoms with van der Waals surface area (Å²) in [6.07, 6.45) is 1.79. The van der Waals surface area contributed by atoms with Gasteiger partial charge < -0.3 is 14.6 Å². The van der Waals surface area contributed by atoms with E-state index < -0.39 is 0 Å². The summed E-state index contributed by atoms with van der Waals surface area (Å²) < 4.78 is 5.67. The third-order valence-electron chi connectivity index (χ3n) is 3.58. The predicted octanol–water partition coefficient (Wildman–Crippen LogP) is 3.72. The number of furan rings is 1. The molecule has 0 fully saturated rings. The lowest BCUT2D eigenvalue weighted by Crippen LogP contribution is -2.23. The third-order valence-corrected chi connectivity index (χ3v) is 3.58. The summed E-state index contributed by atoms with van der Waals surface area (Å²) in [6, 6.07) is 10.6. The van der Waals surface area contributed by atoms with Crippen molar-refractivity contribution in [3.63, 3.8) is 0 Å². The molecule has 0 amide bonds. The van der Waals surface area contributed by atoms with Crippen molar-refractivity contribution < 1.29 is 4.42 Å². The number of nitrogens with one attached hydrogen (secondary N) is 1. The number of hydrogen-bond donors (Lipinski definition) is 1. The summed E-state index contributed by atoms with van der Waals surface area (Å²) >= 11 is 0. The van der Waals surface area contributed by atoms with E-state index in [1.807, 2.05) is 0 Å². The molecular weight excluding hydrogens is 248 g/mol. The molecule has 0 saturated heterocycles. The lowest BCUT2D eigenvalue weighted by Gasteiger charge is -2.24. The molecule has 1 N–H and O–H groups in total. The fraction of sp³-hybridized carbons (Fsp3) is 0.412.